The van der Waals surface area contributed by atoms with Crippen molar-refractivity contribution in [2.45, 2.75) is 0 Å². The summed E-state index contributed by atoms with van der Waals surface area (Å²) >= 11 is 0. The van der Waals surface area contributed by atoms with E-state index in [1.165, 1.54) is 0 Å². The second-order valence-corrected chi connectivity index (χ2v) is 2.91. The van der Waals surface area contributed by atoms with Crippen molar-refractivity contribution in [3.63, 3.8) is 0 Å². The van der Waals surface area contributed by atoms with Crippen molar-refractivity contribution in [2.24, 2.45) is 0 Å². The van der Waals surface area contributed by atoms with Gasteiger partial charge in [0.1, 0.15) is 5.69 Å². The van der Waals surface area contributed by atoms with Crippen LogP contribution in [0.25, 0.3) is 0 Å². The number of carbonyl (C=O) groups is 1. The zero-order valence-corrected chi connectivity index (χ0v) is 7.33. The monoisotopic (exact) mass is 205 g/mol. The van der Waals surface area contributed by atoms with Gasteiger partial charge in [-0.15, -0.1) is 0 Å². The number of carbonyl (C=O) groups excluding carboxylic acids is 1. The van der Waals surface area contributed by atoms with E-state index in [4.69, 9.17) is 19.2 Å². The number of aldehydes is 1. The third-order valence-corrected chi connectivity index (χ3v) is 0.809. The van der Waals surface area contributed by atoms with Gasteiger partial charge >= 0.3 is 7.82 Å². The minimum absolute atomic E-state index is 0.479. The molecule has 0 unspecified atom stereocenters. The molecule has 1 rings (SSSR count). The van der Waals surface area contributed by atoms with Crippen molar-refractivity contribution in [3.05, 3.63) is 30.1 Å². The molecule has 3 N–H and O–H groups in total. The number of hydrogen-bond acceptors (Lipinski definition) is 3. The summed E-state index contributed by atoms with van der Waals surface area (Å²) in [6.45, 7) is 0. The van der Waals surface area contributed by atoms with Gasteiger partial charge in [-0.2, -0.15) is 0 Å². The van der Waals surface area contributed by atoms with Gasteiger partial charge in [-0.1, -0.05) is 6.07 Å². The van der Waals surface area contributed by atoms with Crippen LogP contribution in [-0.4, -0.2) is 26.0 Å². The van der Waals surface area contributed by atoms with Gasteiger partial charge < -0.3 is 14.7 Å². The molecule has 0 aliphatic heterocycles. The number of hydrogen-bond donors (Lipinski definition) is 3. The second-order valence-electron chi connectivity index (χ2n) is 1.89. The van der Waals surface area contributed by atoms with Crippen LogP contribution in [0.15, 0.2) is 24.4 Å². The zero-order chi connectivity index (χ0) is 10.3. The number of rotatable bonds is 1. The van der Waals surface area contributed by atoms with Gasteiger partial charge in [0.15, 0.2) is 6.29 Å². The van der Waals surface area contributed by atoms with E-state index in [1.54, 1.807) is 24.4 Å². The molecule has 0 bridgehead atoms. The lowest BCUT2D eigenvalue weighted by molar-refractivity contribution is 0.111. The lowest BCUT2D eigenvalue weighted by Gasteiger charge is -1.82. The highest BCUT2D eigenvalue weighted by molar-refractivity contribution is 7.45. The molecule has 1 aromatic heterocycles. The summed E-state index contributed by atoms with van der Waals surface area (Å²) < 4.78 is 8.88. The van der Waals surface area contributed by atoms with Crippen LogP contribution in [0.2, 0.25) is 0 Å². The average molecular weight is 205 g/mol. The van der Waals surface area contributed by atoms with E-state index in [1.807, 2.05) is 0 Å². The van der Waals surface area contributed by atoms with Crippen LogP contribution in [0.3, 0.4) is 0 Å². The molecular formula is C6H8NO5P. The molecule has 72 valence electrons. The van der Waals surface area contributed by atoms with Gasteiger partial charge in [0, 0.05) is 6.20 Å². The lowest BCUT2D eigenvalue weighted by atomic mass is 10.4. The Kier molecular flexibility index (Phi) is 5.10. The first-order chi connectivity index (χ1) is 5.93. The van der Waals surface area contributed by atoms with Crippen molar-refractivity contribution in [2.75, 3.05) is 0 Å². The van der Waals surface area contributed by atoms with E-state index in [0.717, 1.165) is 6.29 Å². The molecule has 6 nitrogen and oxygen atoms in total. The fourth-order valence-corrected chi connectivity index (χ4v) is 0.446. The van der Waals surface area contributed by atoms with Gasteiger partial charge in [-0.05, 0) is 12.1 Å². The maximum absolute atomic E-state index is 9.94. The van der Waals surface area contributed by atoms with Crippen molar-refractivity contribution in [3.8, 4) is 0 Å². The first-order valence-electron chi connectivity index (χ1n) is 3.08. The Bertz CT molecular complexity index is 287. The molecule has 0 radical (unpaired) electrons. The number of phosphoric acid groups is 1. The maximum atomic E-state index is 9.94. The summed E-state index contributed by atoms with van der Waals surface area (Å²) in [5.41, 5.74) is 0.479. The predicted molar refractivity (Wildman–Crippen MR) is 43.9 cm³/mol. The van der Waals surface area contributed by atoms with Crippen molar-refractivity contribution < 1.29 is 24.0 Å². The molecule has 1 heterocycles. The zero-order valence-electron chi connectivity index (χ0n) is 6.44. The van der Waals surface area contributed by atoms with Crippen LogP contribution < -0.4 is 0 Å². The molecule has 0 aliphatic rings. The molecular weight excluding hydrogens is 197 g/mol. The standard InChI is InChI=1S/C6H5NO.H3O4P/c8-5-6-3-1-2-4-7-6;1-5(2,3)4/h1-5H;(H3,1,2,3,4). The van der Waals surface area contributed by atoms with Crippen molar-refractivity contribution >= 4 is 14.1 Å². The summed E-state index contributed by atoms with van der Waals surface area (Å²) in [5, 5.41) is 0. The Hall–Kier alpha value is -1.07. The van der Waals surface area contributed by atoms with Gasteiger partial charge in [-0.25, -0.2) is 4.57 Å². The molecule has 0 saturated heterocycles. The molecule has 0 fully saturated rings. The molecule has 0 aromatic carbocycles. The van der Waals surface area contributed by atoms with E-state index in [9.17, 15) is 4.79 Å². The summed E-state index contributed by atoms with van der Waals surface area (Å²) in [4.78, 5) is 35.2. The summed E-state index contributed by atoms with van der Waals surface area (Å²) in [7, 11) is -4.64. The fourth-order valence-electron chi connectivity index (χ4n) is 0.446. The molecule has 0 aliphatic carbocycles. The topological polar surface area (TPSA) is 108 Å². The fraction of sp³-hybridized carbons (Fsp3) is 0. The minimum atomic E-state index is -4.64. The van der Waals surface area contributed by atoms with E-state index in [-0.39, 0.29) is 0 Å². The minimum Gasteiger partial charge on any atom is -0.303 e. The Morgan fingerprint density at radius 1 is 1.31 bits per heavy atom. The van der Waals surface area contributed by atoms with Gasteiger partial charge in [-0.3, -0.25) is 9.78 Å². The first kappa shape index (κ1) is 11.9. The third kappa shape index (κ3) is 10.9. The molecule has 1 aromatic rings. The Morgan fingerprint density at radius 2 is 1.85 bits per heavy atom. The summed E-state index contributed by atoms with van der Waals surface area (Å²) in [6, 6.07) is 5.21. The highest BCUT2D eigenvalue weighted by atomic mass is 31.2. The van der Waals surface area contributed by atoms with Crippen LogP contribution >= 0.6 is 7.82 Å². The maximum Gasteiger partial charge on any atom is 0.466 e. The normalized spacial score (nSPS) is 9.77. The second kappa shape index (κ2) is 5.55. The number of pyridine rings is 1. The molecule has 0 saturated carbocycles. The molecule has 0 atom stereocenters. The Labute approximate surface area is 74.1 Å². The third-order valence-electron chi connectivity index (χ3n) is 0.809. The van der Waals surface area contributed by atoms with Gasteiger partial charge in [0.2, 0.25) is 0 Å². The quantitative estimate of drug-likeness (QED) is 0.438. The van der Waals surface area contributed by atoms with Crippen LogP contribution in [0.5, 0.6) is 0 Å². The summed E-state index contributed by atoms with van der Waals surface area (Å²) in [6.07, 6.45) is 2.31. The van der Waals surface area contributed by atoms with Gasteiger partial charge in [0.25, 0.3) is 0 Å². The molecule has 0 amide bonds. The van der Waals surface area contributed by atoms with Crippen molar-refractivity contribution in [1.29, 1.82) is 0 Å². The van der Waals surface area contributed by atoms with Crippen LogP contribution in [0.1, 0.15) is 10.5 Å². The number of aromatic nitrogens is 1. The highest BCUT2D eigenvalue weighted by Gasteiger charge is 2.00. The largest absolute Gasteiger partial charge is 0.466 e. The van der Waals surface area contributed by atoms with Crippen molar-refractivity contribution in [1.82, 2.24) is 4.98 Å². The number of nitrogens with zero attached hydrogens (tertiary/aromatic N) is 1. The lowest BCUT2D eigenvalue weighted by Crippen LogP contribution is -1.80. The average Bonchev–Trinajstić information content (AvgIpc) is 2.03. The van der Waals surface area contributed by atoms with Crippen LogP contribution in [0.4, 0.5) is 0 Å². The van der Waals surface area contributed by atoms with Crippen LogP contribution in [0, 0.1) is 0 Å². The molecule has 0 spiro atoms. The summed E-state index contributed by atoms with van der Waals surface area (Å²) in [5.74, 6) is 0. The van der Waals surface area contributed by atoms with Gasteiger partial charge in [0.05, 0.1) is 0 Å². The van der Waals surface area contributed by atoms with E-state index in [2.05, 4.69) is 4.98 Å². The molecule has 13 heavy (non-hydrogen) atoms. The van der Waals surface area contributed by atoms with E-state index < -0.39 is 7.82 Å². The Balaban J connectivity index is 0.000000252. The van der Waals surface area contributed by atoms with Crippen LogP contribution in [-0.2, 0) is 4.57 Å². The Morgan fingerprint density at radius 3 is 2.08 bits per heavy atom. The predicted octanol–water partition coefficient (Wildman–Crippen LogP) is -0.0345. The molecule has 7 heteroatoms. The van der Waals surface area contributed by atoms with E-state index in [0.29, 0.717) is 5.69 Å². The highest BCUT2D eigenvalue weighted by Crippen LogP contribution is 2.25. The van der Waals surface area contributed by atoms with E-state index >= 15 is 0 Å². The first-order valence-corrected chi connectivity index (χ1v) is 4.64. The smallest absolute Gasteiger partial charge is 0.303 e. The SMILES string of the molecule is O=Cc1ccccn1.O=P(O)(O)O.